The summed E-state index contributed by atoms with van der Waals surface area (Å²) in [7, 11) is 0. The van der Waals surface area contributed by atoms with Crippen molar-refractivity contribution in [3.63, 3.8) is 0 Å². The molecule has 0 radical (unpaired) electrons. The Morgan fingerprint density at radius 3 is 3.00 bits per heavy atom. The second kappa shape index (κ2) is 4.09. The molecule has 0 unspecified atom stereocenters. The van der Waals surface area contributed by atoms with E-state index in [9.17, 15) is 0 Å². The van der Waals surface area contributed by atoms with Gasteiger partial charge in [-0.2, -0.15) is 0 Å². The van der Waals surface area contributed by atoms with Crippen LogP contribution in [0.3, 0.4) is 0 Å². The van der Waals surface area contributed by atoms with E-state index in [1.54, 1.807) is 11.3 Å². The third-order valence-electron chi connectivity index (χ3n) is 1.71. The lowest BCUT2D eigenvalue weighted by Gasteiger charge is -2.05. The molecular formula is C10H10ClNS2. The van der Waals surface area contributed by atoms with Crippen LogP contribution in [0, 0.1) is 0 Å². The Kier molecular flexibility index (Phi) is 3.00. The number of hydrogen-bond acceptors (Lipinski definition) is 3. The molecule has 0 saturated carbocycles. The summed E-state index contributed by atoms with van der Waals surface area (Å²) in [6, 6.07) is 3.96. The largest absolute Gasteiger partial charge is 0.235 e. The molecule has 0 fully saturated rings. The van der Waals surface area contributed by atoms with Crippen LogP contribution in [0.5, 0.6) is 0 Å². The summed E-state index contributed by atoms with van der Waals surface area (Å²) in [5, 5.41) is 3.20. The van der Waals surface area contributed by atoms with Gasteiger partial charge in [0.25, 0.3) is 0 Å². The van der Waals surface area contributed by atoms with Crippen LogP contribution in [0.1, 0.15) is 13.8 Å². The van der Waals surface area contributed by atoms with Gasteiger partial charge >= 0.3 is 0 Å². The average Bonchev–Trinajstić information content (AvgIpc) is 2.50. The summed E-state index contributed by atoms with van der Waals surface area (Å²) in [6.45, 7) is 4.36. The first-order valence-electron chi connectivity index (χ1n) is 4.37. The van der Waals surface area contributed by atoms with Crippen molar-refractivity contribution in [3.8, 4) is 0 Å². The molecule has 0 bridgehead atoms. The van der Waals surface area contributed by atoms with Gasteiger partial charge in [0.15, 0.2) is 0 Å². The van der Waals surface area contributed by atoms with E-state index in [2.05, 4.69) is 24.2 Å². The number of fused-ring (bicyclic) bond motifs is 1. The number of halogens is 1. The van der Waals surface area contributed by atoms with Gasteiger partial charge in [0, 0.05) is 10.1 Å². The molecule has 2 heterocycles. The van der Waals surface area contributed by atoms with E-state index in [1.807, 2.05) is 23.9 Å². The summed E-state index contributed by atoms with van der Waals surface area (Å²) in [5.74, 6) is 0. The van der Waals surface area contributed by atoms with Crippen LogP contribution in [-0.4, -0.2) is 10.2 Å². The first kappa shape index (κ1) is 10.3. The van der Waals surface area contributed by atoms with Crippen LogP contribution >= 0.6 is 34.7 Å². The molecule has 0 spiro atoms. The molecule has 0 amide bonds. The number of thioether (sulfide) groups is 1. The highest BCUT2D eigenvalue weighted by atomic mass is 35.5. The van der Waals surface area contributed by atoms with Crippen molar-refractivity contribution in [2.75, 3.05) is 0 Å². The monoisotopic (exact) mass is 243 g/mol. The number of aromatic nitrogens is 1. The van der Waals surface area contributed by atoms with Gasteiger partial charge in [-0.05, 0) is 17.5 Å². The Bertz CT molecular complexity index is 450. The predicted molar refractivity (Wildman–Crippen MR) is 65.6 cm³/mol. The third kappa shape index (κ3) is 2.05. The Hall–Kier alpha value is -0.250. The van der Waals surface area contributed by atoms with Gasteiger partial charge < -0.3 is 0 Å². The molecule has 74 valence electrons. The SMILES string of the molecule is CC(C)Sc1cc(Cl)nc2ccsc12. The molecule has 2 aromatic heterocycles. The lowest BCUT2D eigenvalue weighted by molar-refractivity contribution is 1.11. The second-order valence-electron chi connectivity index (χ2n) is 3.24. The van der Waals surface area contributed by atoms with Gasteiger partial charge in [-0.3, -0.25) is 0 Å². The number of rotatable bonds is 2. The summed E-state index contributed by atoms with van der Waals surface area (Å²) in [5.41, 5.74) is 1.01. The summed E-state index contributed by atoms with van der Waals surface area (Å²) < 4.78 is 1.24. The van der Waals surface area contributed by atoms with E-state index >= 15 is 0 Å². The zero-order valence-electron chi connectivity index (χ0n) is 7.95. The van der Waals surface area contributed by atoms with Crippen molar-refractivity contribution in [2.24, 2.45) is 0 Å². The first-order valence-corrected chi connectivity index (χ1v) is 6.51. The van der Waals surface area contributed by atoms with Crippen LogP contribution < -0.4 is 0 Å². The van der Waals surface area contributed by atoms with Gasteiger partial charge in [0.05, 0.1) is 10.2 Å². The third-order valence-corrected chi connectivity index (χ3v) is 4.02. The zero-order valence-corrected chi connectivity index (χ0v) is 10.3. The van der Waals surface area contributed by atoms with E-state index in [4.69, 9.17) is 11.6 Å². The number of pyridine rings is 1. The highest BCUT2D eigenvalue weighted by Gasteiger charge is 2.08. The highest BCUT2D eigenvalue weighted by molar-refractivity contribution is 8.00. The lowest BCUT2D eigenvalue weighted by Crippen LogP contribution is -1.87. The van der Waals surface area contributed by atoms with Crippen LogP contribution in [-0.2, 0) is 0 Å². The molecule has 4 heteroatoms. The molecule has 0 atom stereocenters. The molecule has 1 nitrogen and oxygen atoms in total. The maximum Gasteiger partial charge on any atom is 0.130 e. The normalized spacial score (nSPS) is 11.4. The fraction of sp³-hybridized carbons (Fsp3) is 0.300. The maximum atomic E-state index is 5.94. The molecule has 0 aliphatic rings. The van der Waals surface area contributed by atoms with Crippen molar-refractivity contribution in [1.29, 1.82) is 0 Å². The van der Waals surface area contributed by atoms with E-state index in [-0.39, 0.29) is 0 Å². The quantitative estimate of drug-likeness (QED) is 0.571. The molecule has 14 heavy (non-hydrogen) atoms. The summed E-state index contributed by atoms with van der Waals surface area (Å²) >= 11 is 9.50. The Morgan fingerprint density at radius 2 is 2.29 bits per heavy atom. The molecule has 2 aromatic rings. The van der Waals surface area contributed by atoms with Gasteiger partial charge in [-0.25, -0.2) is 4.98 Å². The van der Waals surface area contributed by atoms with Gasteiger partial charge in [-0.15, -0.1) is 23.1 Å². The minimum absolute atomic E-state index is 0.568. The van der Waals surface area contributed by atoms with Crippen molar-refractivity contribution < 1.29 is 0 Å². The molecule has 0 N–H and O–H groups in total. The fourth-order valence-corrected chi connectivity index (χ4v) is 3.43. The van der Waals surface area contributed by atoms with Crippen molar-refractivity contribution in [1.82, 2.24) is 4.98 Å². The van der Waals surface area contributed by atoms with E-state index in [0.717, 1.165) is 5.52 Å². The van der Waals surface area contributed by atoms with E-state index in [0.29, 0.717) is 10.4 Å². The van der Waals surface area contributed by atoms with Crippen LogP contribution in [0.2, 0.25) is 5.15 Å². The lowest BCUT2D eigenvalue weighted by atomic mass is 10.4. The Balaban J connectivity index is 2.55. The number of nitrogens with zero attached hydrogens (tertiary/aromatic N) is 1. The minimum atomic E-state index is 0.568. The van der Waals surface area contributed by atoms with Crippen molar-refractivity contribution in [3.05, 3.63) is 22.7 Å². The first-order chi connectivity index (χ1) is 6.66. The van der Waals surface area contributed by atoms with Crippen LogP contribution in [0.25, 0.3) is 10.2 Å². The van der Waals surface area contributed by atoms with Crippen molar-refractivity contribution >= 4 is 44.9 Å². The number of hydrogen-bond donors (Lipinski definition) is 0. The highest BCUT2D eigenvalue weighted by Crippen LogP contribution is 2.34. The van der Waals surface area contributed by atoms with Crippen LogP contribution in [0.15, 0.2) is 22.4 Å². The van der Waals surface area contributed by atoms with Crippen molar-refractivity contribution in [2.45, 2.75) is 24.0 Å². The summed E-state index contributed by atoms with van der Waals surface area (Å²) in [4.78, 5) is 5.51. The van der Waals surface area contributed by atoms with E-state index < -0.39 is 0 Å². The smallest absolute Gasteiger partial charge is 0.130 e. The van der Waals surface area contributed by atoms with Gasteiger partial charge in [-0.1, -0.05) is 25.4 Å². The predicted octanol–water partition coefficient (Wildman–Crippen LogP) is 4.45. The zero-order chi connectivity index (χ0) is 10.1. The molecule has 0 aliphatic heterocycles. The topological polar surface area (TPSA) is 12.9 Å². The molecule has 0 saturated heterocycles. The van der Waals surface area contributed by atoms with Gasteiger partial charge in [0.1, 0.15) is 5.15 Å². The van der Waals surface area contributed by atoms with Gasteiger partial charge in [0.2, 0.25) is 0 Å². The Morgan fingerprint density at radius 1 is 1.50 bits per heavy atom. The molecule has 0 aliphatic carbocycles. The minimum Gasteiger partial charge on any atom is -0.235 e. The average molecular weight is 244 g/mol. The maximum absolute atomic E-state index is 5.94. The number of thiophene rings is 1. The molecule has 0 aromatic carbocycles. The standard InChI is InChI=1S/C10H10ClNS2/c1-6(2)14-8-5-9(11)12-7-3-4-13-10(7)8/h3-6H,1-2H3. The molecular weight excluding hydrogens is 234 g/mol. The second-order valence-corrected chi connectivity index (χ2v) is 6.17. The Labute approximate surface area is 96.5 Å². The molecule has 2 rings (SSSR count). The summed E-state index contributed by atoms with van der Waals surface area (Å²) in [6.07, 6.45) is 0. The fourth-order valence-electron chi connectivity index (χ4n) is 1.24. The van der Waals surface area contributed by atoms with E-state index in [1.165, 1.54) is 9.60 Å². The van der Waals surface area contributed by atoms with Crippen LogP contribution in [0.4, 0.5) is 0 Å².